The van der Waals surface area contributed by atoms with E-state index in [0.29, 0.717) is 22.7 Å². The molecular formula is C14H16FN2O2P. The van der Waals surface area contributed by atoms with Crippen LogP contribution >= 0.6 is 9.24 Å². The van der Waals surface area contributed by atoms with Crippen molar-refractivity contribution in [1.29, 1.82) is 0 Å². The first-order valence-electron chi connectivity index (χ1n) is 6.10. The molecule has 0 saturated carbocycles. The number of aldehydes is 1. The van der Waals surface area contributed by atoms with Crippen LogP contribution in [0.15, 0.2) is 30.5 Å². The molecule has 0 aliphatic heterocycles. The number of hydrogen-bond donors (Lipinski definition) is 0. The Morgan fingerprint density at radius 2 is 2.30 bits per heavy atom. The van der Waals surface area contributed by atoms with Crippen molar-refractivity contribution < 1.29 is 13.9 Å². The molecular weight excluding hydrogens is 278 g/mol. The van der Waals surface area contributed by atoms with Crippen LogP contribution in [0.25, 0.3) is 5.69 Å². The number of halogens is 1. The van der Waals surface area contributed by atoms with E-state index in [9.17, 15) is 9.18 Å². The number of carbonyl (C=O) groups is 1. The Morgan fingerprint density at radius 1 is 1.55 bits per heavy atom. The van der Waals surface area contributed by atoms with E-state index in [1.807, 2.05) is 6.07 Å². The lowest BCUT2D eigenvalue weighted by Crippen LogP contribution is -2.06. The van der Waals surface area contributed by atoms with Gasteiger partial charge in [-0.05, 0) is 24.6 Å². The third kappa shape index (κ3) is 3.05. The molecule has 6 heteroatoms. The molecule has 106 valence electrons. The van der Waals surface area contributed by atoms with E-state index in [-0.39, 0.29) is 6.42 Å². The molecule has 0 aliphatic rings. The minimum atomic E-state index is -1.50. The molecule has 0 saturated heterocycles. The topological polar surface area (TPSA) is 44.1 Å². The number of benzene rings is 1. The van der Waals surface area contributed by atoms with Gasteiger partial charge in [0.15, 0.2) is 5.75 Å². The highest BCUT2D eigenvalue weighted by Gasteiger charge is 2.19. The van der Waals surface area contributed by atoms with Crippen molar-refractivity contribution >= 4 is 15.5 Å². The van der Waals surface area contributed by atoms with Crippen molar-refractivity contribution in [2.75, 3.05) is 7.11 Å². The van der Waals surface area contributed by atoms with Gasteiger partial charge in [0.05, 0.1) is 25.4 Å². The second kappa shape index (κ2) is 5.71. The van der Waals surface area contributed by atoms with Crippen LogP contribution in [0, 0.1) is 0 Å². The number of aromatic nitrogens is 2. The third-order valence-corrected chi connectivity index (χ3v) is 3.26. The molecule has 4 nitrogen and oxygen atoms in total. The van der Waals surface area contributed by atoms with Gasteiger partial charge >= 0.3 is 0 Å². The Hall–Kier alpha value is -1.74. The fraction of sp³-hybridized carbons (Fsp3) is 0.286. The molecule has 0 aliphatic carbocycles. The van der Waals surface area contributed by atoms with Crippen LogP contribution in [0.3, 0.4) is 0 Å². The average molecular weight is 294 g/mol. The van der Waals surface area contributed by atoms with Gasteiger partial charge in [-0.3, -0.25) is 0 Å². The highest BCUT2D eigenvalue weighted by molar-refractivity contribution is 7.18. The molecule has 20 heavy (non-hydrogen) atoms. The maximum Gasteiger partial charge on any atom is 0.160 e. The lowest BCUT2D eigenvalue weighted by Gasteiger charge is -2.15. The van der Waals surface area contributed by atoms with Crippen molar-refractivity contribution in [3.05, 3.63) is 41.7 Å². The zero-order chi connectivity index (χ0) is 14.8. The van der Waals surface area contributed by atoms with Gasteiger partial charge in [0.2, 0.25) is 0 Å². The fourth-order valence-electron chi connectivity index (χ4n) is 1.87. The molecule has 1 aromatic heterocycles. The van der Waals surface area contributed by atoms with E-state index in [0.717, 1.165) is 6.29 Å². The van der Waals surface area contributed by atoms with Crippen LogP contribution in [0.1, 0.15) is 18.2 Å². The van der Waals surface area contributed by atoms with Crippen LogP contribution in [0.5, 0.6) is 5.75 Å². The number of rotatable bonds is 5. The van der Waals surface area contributed by atoms with Gasteiger partial charge in [0, 0.05) is 0 Å². The lowest BCUT2D eigenvalue weighted by atomic mass is 10.1. The molecule has 0 spiro atoms. The van der Waals surface area contributed by atoms with E-state index in [1.54, 1.807) is 29.1 Å². The number of carbonyl (C=O) groups excluding carboxylic acids is 1. The Bertz CT molecular complexity index is 620. The number of ether oxygens (including phenoxy) is 1. The molecule has 0 radical (unpaired) electrons. The van der Waals surface area contributed by atoms with Crippen molar-refractivity contribution in [3.63, 3.8) is 0 Å². The minimum Gasteiger partial charge on any atom is -0.493 e. The first-order valence-corrected chi connectivity index (χ1v) is 6.68. The minimum absolute atomic E-state index is 0.181. The highest BCUT2D eigenvalue weighted by atomic mass is 31.0. The summed E-state index contributed by atoms with van der Waals surface area (Å²) in [4.78, 5) is 10.6. The Kier molecular flexibility index (Phi) is 4.19. The predicted molar refractivity (Wildman–Crippen MR) is 78.1 cm³/mol. The molecule has 0 N–H and O–H groups in total. The van der Waals surface area contributed by atoms with E-state index in [2.05, 4.69) is 14.3 Å². The van der Waals surface area contributed by atoms with Crippen LogP contribution in [-0.4, -0.2) is 23.2 Å². The summed E-state index contributed by atoms with van der Waals surface area (Å²) in [5.74, 6) is 0.538. The zero-order valence-electron chi connectivity index (χ0n) is 11.3. The molecule has 0 fully saturated rings. The summed E-state index contributed by atoms with van der Waals surface area (Å²) < 4.78 is 20.7. The fourth-order valence-corrected chi connectivity index (χ4v) is 2.05. The van der Waals surface area contributed by atoms with E-state index >= 15 is 0 Å². The van der Waals surface area contributed by atoms with Gasteiger partial charge in [-0.1, -0.05) is 21.4 Å². The predicted octanol–water partition coefficient (Wildman–Crippen LogP) is 2.64. The van der Waals surface area contributed by atoms with Crippen molar-refractivity contribution in [2.24, 2.45) is 0 Å². The van der Waals surface area contributed by atoms with Crippen molar-refractivity contribution in [1.82, 2.24) is 9.78 Å². The summed E-state index contributed by atoms with van der Waals surface area (Å²) >= 11 is 0. The summed E-state index contributed by atoms with van der Waals surface area (Å²) in [6, 6.07) is 7.00. The second-order valence-corrected chi connectivity index (χ2v) is 5.67. The molecule has 2 aromatic rings. The Morgan fingerprint density at radius 3 is 2.90 bits per heavy atom. The summed E-state index contributed by atoms with van der Waals surface area (Å²) in [5.41, 5.74) is 1.80. The highest BCUT2D eigenvalue weighted by Crippen LogP contribution is 2.33. The smallest absolute Gasteiger partial charge is 0.160 e. The number of alkyl halides is 1. The number of hydrogen-bond acceptors (Lipinski definition) is 3. The molecule has 1 aromatic carbocycles. The SMILES string of the molecule is COc1cn(-c2cccc(C(C)(F)P)c2)nc1CC=O. The van der Waals surface area contributed by atoms with Crippen LogP contribution in [0.2, 0.25) is 0 Å². The van der Waals surface area contributed by atoms with E-state index in [4.69, 9.17) is 4.74 Å². The van der Waals surface area contributed by atoms with E-state index in [1.165, 1.54) is 14.0 Å². The Balaban J connectivity index is 2.44. The maximum atomic E-state index is 14.0. The number of nitrogens with zero attached hydrogens (tertiary/aromatic N) is 2. The van der Waals surface area contributed by atoms with Crippen LogP contribution in [0.4, 0.5) is 4.39 Å². The molecule has 0 bridgehead atoms. The first kappa shape index (κ1) is 14.7. The Labute approximate surface area is 119 Å². The summed E-state index contributed by atoms with van der Waals surface area (Å²) in [5, 5.41) is 2.79. The summed E-state index contributed by atoms with van der Waals surface area (Å²) in [6.07, 6.45) is 2.63. The molecule has 0 amide bonds. The largest absolute Gasteiger partial charge is 0.493 e. The van der Waals surface area contributed by atoms with Gasteiger partial charge in [-0.2, -0.15) is 5.10 Å². The van der Waals surface area contributed by atoms with Gasteiger partial charge in [0.1, 0.15) is 17.4 Å². The second-order valence-electron chi connectivity index (χ2n) is 4.59. The summed E-state index contributed by atoms with van der Waals surface area (Å²) in [6.45, 7) is 1.47. The third-order valence-electron chi connectivity index (χ3n) is 2.92. The monoisotopic (exact) mass is 294 g/mol. The van der Waals surface area contributed by atoms with Gasteiger partial charge < -0.3 is 9.53 Å². The van der Waals surface area contributed by atoms with Gasteiger partial charge in [-0.15, -0.1) is 0 Å². The number of methoxy groups -OCH3 is 1. The first-order chi connectivity index (χ1) is 9.45. The molecule has 2 rings (SSSR count). The van der Waals surface area contributed by atoms with Crippen molar-refractivity contribution in [2.45, 2.75) is 18.8 Å². The molecule has 2 atom stereocenters. The maximum absolute atomic E-state index is 14.0. The van der Waals surface area contributed by atoms with E-state index < -0.39 is 5.41 Å². The van der Waals surface area contributed by atoms with Crippen LogP contribution in [-0.2, 0) is 16.6 Å². The lowest BCUT2D eigenvalue weighted by molar-refractivity contribution is -0.107. The van der Waals surface area contributed by atoms with Crippen molar-refractivity contribution in [3.8, 4) is 11.4 Å². The average Bonchev–Trinajstić information content (AvgIpc) is 2.82. The normalized spacial score (nSPS) is 13.8. The molecule has 1 heterocycles. The summed E-state index contributed by atoms with van der Waals surface area (Å²) in [7, 11) is 3.69. The standard InChI is InChI=1S/C14H16FN2O2P/c1-14(15,20)10-4-3-5-11(8-10)17-9-13(19-2)12(16-17)6-7-18/h3-5,7-9H,6,20H2,1-2H3. The van der Waals surface area contributed by atoms with Gasteiger partial charge in [-0.25, -0.2) is 9.07 Å². The zero-order valence-corrected chi connectivity index (χ0v) is 12.5. The van der Waals surface area contributed by atoms with Gasteiger partial charge in [0.25, 0.3) is 0 Å². The molecule has 2 unspecified atom stereocenters. The van der Waals surface area contributed by atoms with Crippen LogP contribution < -0.4 is 4.74 Å². The quantitative estimate of drug-likeness (QED) is 0.629.